The fraction of sp³-hybridized carbons (Fsp3) is 1.00. The minimum absolute atomic E-state index is 0.432. The van der Waals surface area contributed by atoms with Gasteiger partial charge in [0, 0.05) is 19.6 Å². The first kappa shape index (κ1) is 11.9. The number of piperidine rings is 1. The Bertz CT molecular complexity index is 235. The van der Waals surface area contributed by atoms with Crippen molar-refractivity contribution in [1.82, 2.24) is 10.2 Å². The third kappa shape index (κ3) is 2.83. The van der Waals surface area contributed by atoms with Crippen molar-refractivity contribution in [2.45, 2.75) is 44.6 Å². The number of hydrogen-bond donors (Lipinski definition) is 1. The molecule has 2 aliphatic heterocycles. The summed E-state index contributed by atoms with van der Waals surface area (Å²) in [6.45, 7) is 6.71. The van der Waals surface area contributed by atoms with Crippen molar-refractivity contribution in [2.75, 3.05) is 39.3 Å². The van der Waals surface area contributed by atoms with Gasteiger partial charge in [-0.15, -0.1) is 0 Å². The molecule has 17 heavy (non-hydrogen) atoms. The van der Waals surface area contributed by atoms with Gasteiger partial charge in [-0.1, -0.05) is 12.8 Å². The molecule has 1 N–H and O–H groups in total. The lowest BCUT2D eigenvalue weighted by Crippen LogP contribution is -2.48. The molecule has 1 unspecified atom stereocenters. The van der Waals surface area contributed by atoms with Gasteiger partial charge in [0.15, 0.2) is 0 Å². The average molecular weight is 238 g/mol. The van der Waals surface area contributed by atoms with Crippen LogP contribution >= 0.6 is 0 Å². The van der Waals surface area contributed by atoms with Crippen molar-refractivity contribution in [2.24, 2.45) is 5.41 Å². The Kier molecular flexibility index (Phi) is 3.69. The highest BCUT2D eigenvalue weighted by atomic mass is 16.5. The third-order valence-electron chi connectivity index (χ3n) is 5.05. The molecule has 2 saturated heterocycles. The van der Waals surface area contributed by atoms with Gasteiger partial charge in [0.05, 0.1) is 12.7 Å². The summed E-state index contributed by atoms with van der Waals surface area (Å²) < 4.78 is 5.79. The molecule has 3 nitrogen and oxygen atoms in total. The van der Waals surface area contributed by atoms with Crippen LogP contribution in [0.25, 0.3) is 0 Å². The molecule has 0 aromatic heterocycles. The molecule has 1 saturated carbocycles. The molecule has 1 spiro atoms. The van der Waals surface area contributed by atoms with Crippen molar-refractivity contribution >= 4 is 0 Å². The van der Waals surface area contributed by atoms with Crippen molar-refractivity contribution in [3.05, 3.63) is 0 Å². The fourth-order valence-corrected chi connectivity index (χ4v) is 3.86. The van der Waals surface area contributed by atoms with Crippen LogP contribution in [0.4, 0.5) is 0 Å². The molecule has 3 aliphatic rings. The highest BCUT2D eigenvalue weighted by molar-refractivity contribution is 4.90. The molecule has 1 aliphatic carbocycles. The molecule has 3 heteroatoms. The molecule has 0 amide bonds. The van der Waals surface area contributed by atoms with Crippen LogP contribution in [0.5, 0.6) is 0 Å². The van der Waals surface area contributed by atoms with Crippen molar-refractivity contribution in [3.63, 3.8) is 0 Å². The standard InChI is InChI=1S/C14H26N2O/c1-2-4-14(3-1)5-8-16(9-6-14)12-13-11-15-7-10-17-13/h13,15H,1-12H2. The molecule has 3 fully saturated rings. The Labute approximate surface area is 105 Å². The molecule has 1 atom stereocenters. The van der Waals surface area contributed by atoms with Crippen LogP contribution in [0.15, 0.2) is 0 Å². The zero-order valence-corrected chi connectivity index (χ0v) is 10.9. The molecule has 2 heterocycles. The van der Waals surface area contributed by atoms with Crippen LogP contribution in [0, 0.1) is 5.41 Å². The quantitative estimate of drug-likeness (QED) is 0.791. The first-order valence-electron chi connectivity index (χ1n) is 7.41. The summed E-state index contributed by atoms with van der Waals surface area (Å²) in [6, 6.07) is 0. The molecular weight excluding hydrogens is 212 g/mol. The van der Waals surface area contributed by atoms with Crippen LogP contribution in [0.2, 0.25) is 0 Å². The van der Waals surface area contributed by atoms with E-state index in [1.807, 2.05) is 0 Å². The van der Waals surface area contributed by atoms with Crippen LogP contribution in [-0.2, 0) is 4.74 Å². The van der Waals surface area contributed by atoms with E-state index in [4.69, 9.17) is 4.74 Å². The summed E-state index contributed by atoms with van der Waals surface area (Å²) in [7, 11) is 0. The van der Waals surface area contributed by atoms with Gasteiger partial charge in [0.2, 0.25) is 0 Å². The maximum Gasteiger partial charge on any atom is 0.0826 e. The van der Waals surface area contributed by atoms with Gasteiger partial charge in [-0.25, -0.2) is 0 Å². The van der Waals surface area contributed by atoms with Crippen LogP contribution in [-0.4, -0.2) is 50.3 Å². The first-order valence-corrected chi connectivity index (χ1v) is 7.41. The Morgan fingerprint density at radius 3 is 2.53 bits per heavy atom. The predicted octanol–water partition coefficient (Wildman–Crippen LogP) is 1.63. The number of ether oxygens (including phenoxy) is 1. The van der Waals surface area contributed by atoms with Gasteiger partial charge < -0.3 is 15.0 Å². The Morgan fingerprint density at radius 2 is 1.88 bits per heavy atom. The Morgan fingerprint density at radius 1 is 1.12 bits per heavy atom. The lowest BCUT2D eigenvalue weighted by Gasteiger charge is -2.41. The first-order chi connectivity index (χ1) is 8.36. The minimum Gasteiger partial charge on any atom is -0.374 e. The van der Waals surface area contributed by atoms with E-state index in [2.05, 4.69) is 10.2 Å². The number of nitrogens with zero attached hydrogens (tertiary/aromatic N) is 1. The molecule has 0 aromatic rings. The highest BCUT2D eigenvalue weighted by Crippen LogP contribution is 2.46. The van der Waals surface area contributed by atoms with Crippen LogP contribution in [0.1, 0.15) is 38.5 Å². The van der Waals surface area contributed by atoms with Crippen LogP contribution in [0.3, 0.4) is 0 Å². The summed E-state index contributed by atoms with van der Waals surface area (Å²) in [5.74, 6) is 0. The summed E-state index contributed by atoms with van der Waals surface area (Å²) in [5, 5.41) is 3.42. The number of morpholine rings is 1. The second-order valence-electron chi connectivity index (χ2n) is 6.20. The molecular formula is C14H26N2O. The van der Waals surface area contributed by atoms with E-state index in [1.54, 1.807) is 0 Å². The van der Waals surface area contributed by atoms with E-state index >= 15 is 0 Å². The van der Waals surface area contributed by atoms with Crippen molar-refractivity contribution in [1.29, 1.82) is 0 Å². The molecule has 98 valence electrons. The SMILES string of the molecule is C1CCC2(C1)CCN(CC1CNCCO1)CC2. The number of rotatable bonds is 2. The summed E-state index contributed by atoms with van der Waals surface area (Å²) in [4.78, 5) is 2.63. The minimum atomic E-state index is 0.432. The largest absolute Gasteiger partial charge is 0.374 e. The summed E-state index contributed by atoms with van der Waals surface area (Å²) in [5.41, 5.74) is 0.752. The lowest BCUT2D eigenvalue weighted by molar-refractivity contribution is -0.00769. The summed E-state index contributed by atoms with van der Waals surface area (Å²) >= 11 is 0. The maximum absolute atomic E-state index is 5.79. The van der Waals surface area contributed by atoms with E-state index in [0.717, 1.165) is 31.7 Å². The number of nitrogens with one attached hydrogen (secondary N) is 1. The van der Waals surface area contributed by atoms with Crippen molar-refractivity contribution < 1.29 is 4.74 Å². The van der Waals surface area contributed by atoms with Gasteiger partial charge in [-0.3, -0.25) is 0 Å². The number of likely N-dealkylation sites (tertiary alicyclic amines) is 1. The van der Waals surface area contributed by atoms with Gasteiger partial charge in [-0.05, 0) is 44.2 Å². The normalized spacial score (nSPS) is 34.2. The zero-order chi connectivity index (χ0) is 11.6. The fourth-order valence-electron chi connectivity index (χ4n) is 3.86. The Hall–Kier alpha value is -0.120. The Balaban J connectivity index is 1.44. The molecule has 0 radical (unpaired) electrons. The van der Waals surface area contributed by atoms with Gasteiger partial charge >= 0.3 is 0 Å². The summed E-state index contributed by atoms with van der Waals surface area (Å²) in [6.07, 6.45) is 9.28. The topological polar surface area (TPSA) is 24.5 Å². The van der Waals surface area contributed by atoms with Gasteiger partial charge in [0.25, 0.3) is 0 Å². The average Bonchev–Trinajstić information content (AvgIpc) is 2.83. The van der Waals surface area contributed by atoms with Crippen molar-refractivity contribution in [3.8, 4) is 0 Å². The smallest absolute Gasteiger partial charge is 0.0826 e. The number of hydrogen-bond acceptors (Lipinski definition) is 3. The van der Waals surface area contributed by atoms with E-state index in [1.165, 1.54) is 51.6 Å². The third-order valence-corrected chi connectivity index (χ3v) is 5.05. The highest BCUT2D eigenvalue weighted by Gasteiger charge is 2.37. The van der Waals surface area contributed by atoms with Gasteiger partial charge in [0.1, 0.15) is 0 Å². The van der Waals surface area contributed by atoms with E-state index in [-0.39, 0.29) is 0 Å². The van der Waals surface area contributed by atoms with Gasteiger partial charge in [-0.2, -0.15) is 0 Å². The van der Waals surface area contributed by atoms with E-state index in [9.17, 15) is 0 Å². The maximum atomic E-state index is 5.79. The second kappa shape index (κ2) is 5.25. The molecule has 0 bridgehead atoms. The van der Waals surface area contributed by atoms with Crippen LogP contribution < -0.4 is 5.32 Å². The monoisotopic (exact) mass is 238 g/mol. The zero-order valence-electron chi connectivity index (χ0n) is 10.9. The predicted molar refractivity (Wildman–Crippen MR) is 69.2 cm³/mol. The molecule has 0 aromatic carbocycles. The van der Waals surface area contributed by atoms with E-state index < -0.39 is 0 Å². The second-order valence-corrected chi connectivity index (χ2v) is 6.20. The van der Waals surface area contributed by atoms with E-state index in [0.29, 0.717) is 6.10 Å². The lowest BCUT2D eigenvalue weighted by atomic mass is 9.77. The molecule has 3 rings (SSSR count).